The topological polar surface area (TPSA) is 52.6 Å². The monoisotopic (exact) mass is 270 g/mol. The number of carbonyl (C=O) groups is 1. The summed E-state index contributed by atoms with van der Waals surface area (Å²) in [5.41, 5.74) is 0.387. The second-order valence-corrected chi connectivity index (χ2v) is 5.29. The van der Waals surface area contributed by atoms with E-state index in [-0.39, 0.29) is 17.7 Å². The number of aromatic hydroxyl groups is 1. The van der Waals surface area contributed by atoms with Crippen molar-refractivity contribution in [2.45, 2.75) is 13.0 Å². The predicted octanol–water partition coefficient (Wildman–Crippen LogP) is 1.98. The molecule has 2 aromatic rings. The standard InChI is InChI=1S/C16H18N2O2/c1-11-10-18(9-8-17-11)16(20)14-7-6-12-4-2-3-5-13(12)15(14)19/h2-7,11,17,19H,8-10H2,1H3. The highest BCUT2D eigenvalue weighted by atomic mass is 16.3. The molecule has 0 bridgehead atoms. The van der Waals surface area contributed by atoms with Crippen LogP contribution >= 0.6 is 0 Å². The van der Waals surface area contributed by atoms with Crippen LogP contribution in [0.1, 0.15) is 17.3 Å². The van der Waals surface area contributed by atoms with Crippen molar-refractivity contribution >= 4 is 16.7 Å². The van der Waals surface area contributed by atoms with Crippen LogP contribution in [0.5, 0.6) is 5.75 Å². The normalized spacial score (nSPS) is 19.2. The van der Waals surface area contributed by atoms with Crippen LogP contribution in [0, 0.1) is 0 Å². The van der Waals surface area contributed by atoms with E-state index in [4.69, 9.17) is 0 Å². The van der Waals surface area contributed by atoms with Gasteiger partial charge in [0.2, 0.25) is 0 Å². The first-order valence-electron chi connectivity index (χ1n) is 6.90. The first kappa shape index (κ1) is 12.9. The number of hydrogen-bond donors (Lipinski definition) is 2. The molecule has 104 valence electrons. The molecular formula is C16H18N2O2. The van der Waals surface area contributed by atoms with Crippen LogP contribution in [0.4, 0.5) is 0 Å². The summed E-state index contributed by atoms with van der Waals surface area (Å²) in [6.45, 7) is 4.20. The predicted molar refractivity (Wildman–Crippen MR) is 79.0 cm³/mol. The molecule has 2 aromatic carbocycles. The summed E-state index contributed by atoms with van der Waals surface area (Å²) in [5, 5.41) is 15.3. The lowest BCUT2D eigenvalue weighted by atomic mass is 10.0. The molecule has 1 unspecified atom stereocenters. The average molecular weight is 270 g/mol. The highest BCUT2D eigenvalue weighted by Gasteiger charge is 2.24. The van der Waals surface area contributed by atoms with Crippen molar-refractivity contribution in [3.05, 3.63) is 42.0 Å². The fourth-order valence-corrected chi connectivity index (χ4v) is 2.71. The van der Waals surface area contributed by atoms with Crippen LogP contribution in [0.15, 0.2) is 36.4 Å². The Hall–Kier alpha value is -2.07. The number of fused-ring (bicyclic) bond motifs is 1. The lowest BCUT2D eigenvalue weighted by Crippen LogP contribution is -2.51. The number of nitrogens with one attached hydrogen (secondary N) is 1. The number of amides is 1. The van der Waals surface area contributed by atoms with Crippen molar-refractivity contribution in [2.24, 2.45) is 0 Å². The number of benzene rings is 2. The van der Waals surface area contributed by atoms with Gasteiger partial charge in [-0.25, -0.2) is 0 Å². The molecule has 0 aliphatic carbocycles. The van der Waals surface area contributed by atoms with Crippen LogP contribution < -0.4 is 5.32 Å². The van der Waals surface area contributed by atoms with Gasteiger partial charge in [-0.05, 0) is 18.4 Å². The number of carbonyl (C=O) groups excluding carboxylic acids is 1. The quantitative estimate of drug-likeness (QED) is 0.833. The molecule has 1 aliphatic rings. The third-order valence-electron chi connectivity index (χ3n) is 3.79. The van der Waals surface area contributed by atoms with E-state index in [2.05, 4.69) is 12.2 Å². The Morgan fingerprint density at radius 3 is 2.90 bits per heavy atom. The van der Waals surface area contributed by atoms with Gasteiger partial charge in [-0.2, -0.15) is 0 Å². The van der Waals surface area contributed by atoms with Crippen molar-refractivity contribution < 1.29 is 9.90 Å². The van der Waals surface area contributed by atoms with E-state index >= 15 is 0 Å². The molecule has 4 nitrogen and oxygen atoms in total. The van der Waals surface area contributed by atoms with Gasteiger partial charge in [0.15, 0.2) is 0 Å². The van der Waals surface area contributed by atoms with Crippen LogP contribution in [-0.2, 0) is 0 Å². The number of phenols is 1. The molecule has 3 rings (SSSR count). The molecule has 1 saturated heterocycles. The Morgan fingerprint density at radius 1 is 1.30 bits per heavy atom. The Kier molecular flexibility index (Phi) is 3.32. The Labute approximate surface area is 118 Å². The van der Waals surface area contributed by atoms with Crippen molar-refractivity contribution in [3.63, 3.8) is 0 Å². The number of hydrogen-bond acceptors (Lipinski definition) is 3. The van der Waals surface area contributed by atoms with Gasteiger partial charge in [0.05, 0.1) is 5.56 Å². The van der Waals surface area contributed by atoms with Gasteiger partial charge in [0, 0.05) is 31.1 Å². The average Bonchev–Trinajstić information content (AvgIpc) is 2.47. The summed E-state index contributed by atoms with van der Waals surface area (Å²) >= 11 is 0. The van der Waals surface area contributed by atoms with Gasteiger partial charge in [-0.15, -0.1) is 0 Å². The van der Waals surface area contributed by atoms with Gasteiger partial charge in [-0.3, -0.25) is 4.79 Å². The maximum Gasteiger partial charge on any atom is 0.257 e. The fourth-order valence-electron chi connectivity index (χ4n) is 2.71. The Balaban J connectivity index is 1.97. The minimum absolute atomic E-state index is 0.0827. The third kappa shape index (κ3) is 2.23. The minimum Gasteiger partial charge on any atom is -0.506 e. The van der Waals surface area contributed by atoms with E-state index in [9.17, 15) is 9.90 Å². The molecule has 4 heteroatoms. The summed E-state index contributed by atoms with van der Waals surface area (Å²) in [6, 6.07) is 11.4. The van der Waals surface area contributed by atoms with E-state index < -0.39 is 0 Å². The maximum atomic E-state index is 12.5. The minimum atomic E-state index is -0.0957. The third-order valence-corrected chi connectivity index (χ3v) is 3.79. The molecule has 0 radical (unpaired) electrons. The zero-order valence-corrected chi connectivity index (χ0v) is 11.5. The van der Waals surface area contributed by atoms with Gasteiger partial charge in [0.1, 0.15) is 5.75 Å². The van der Waals surface area contributed by atoms with E-state index in [0.29, 0.717) is 18.7 Å². The zero-order valence-electron chi connectivity index (χ0n) is 11.5. The van der Waals surface area contributed by atoms with E-state index in [1.54, 1.807) is 11.0 Å². The number of rotatable bonds is 1. The molecule has 1 aliphatic heterocycles. The van der Waals surface area contributed by atoms with E-state index in [1.807, 2.05) is 30.3 Å². The second-order valence-electron chi connectivity index (χ2n) is 5.29. The molecule has 2 N–H and O–H groups in total. The molecule has 1 amide bonds. The molecule has 1 atom stereocenters. The lowest BCUT2D eigenvalue weighted by molar-refractivity contribution is 0.0706. The fraction of sp³-hybridized carbons (Fsp3) is 0.312. The molecule has 0 aromatic heterocycles. The van der Waals surface area contributed by atoms with Crippen LogP contribution in [-0.4, -0.2) is 41.6 Å². The highest BCUT2D eigenvalue weighted by Crippen LogP contribution is 2.29. The highest BCUT2D eigenvalue weighted by molar-refractivity contribution is 6.03. The van der Waals surface area contributed by atoms with Gasteiger partial charge in [-0.1, -0.05) is 30.3 Å². The second kappa shape index (κ2) is 5.13. The van der Waals surface area contributed by atoms with Gasteiger partial charge < -0.3 is 15.3 Å². The lowest BCUT2D eigenvalue weighted by Gasteiger charge is -2.32. The molecule has 0 spiro atoms. The summed E-state index contributed by atoms with van der Waals surface area (Å²) in [6.07, 6.45) is 0. The Bertz CT molecular complexity index is 654. The van der Waals surface area contributed by atoms with E-state index in [0.717, 1.165) is 17.3 Å². The zero-order chi connectivity index (χ0) is 14.1. The maximum absolute atomic E-state index is 12.5. The van der Waals surface area contributed by atoms with Crippen molar-refractivity contribution in [1.29, 1.82) is 0 Å². The summed E-state index contributed by atoms with van der Waals surface area (Å²) < 4.78 is 0. The summed E-state index contributed by atoms with van der Waals surface area (Å²) in [4.78, 5) is 14.3. The van der Waals surface area contributed by atoms with Gasteiger partial charge >= 0.3 is 0 Å². The number of piperazine rings is 1. The first-order chi connectivity index (χ1) is 9.66. The van der Waals surface area contributed by atoms with Crippen LogP contribution in [0.25, 0.3) is 10.8 Å². The number of phenolic OH excluding ortho intramolecular Hbond substituents is 1. The van der Waals surface area contributed by atoms with Crippen molar-refractivity contribution in [3.8, 4) is 5.75 Å². The molecule has 20 heavy (non-hydrogen) atoms. The molecule has 1 fully saturated rings. The number of nitrogens with zero attached hydrogens (tertiary/aromatic N) is 1. The van der Waals surface area contributed by atoms with Crippen molar-refractivity contribution in [2.75, 3.05) is 19.6 Å². The SMILES string of the molecule is CC1CN(C(=O)c2ccc3ccccc3c2O)CCN1. The summed E-state index contributed by atoms with van der Waals surface area (Å²) in [5.74, 6) is -0.0131. The van der Waals surface area contributed by atoms with Gasteiger partial charge in [0.25, 0.3) is 5.91 Å². The summed E-state index contributed by atoms with van der Waals surface area (Å²) in [7, 11) is 0. The molecular weight excluding hydrogens is 252 g/mol. The Morgan fingerprint density at radius 2 is 2.10 bits per heavy atom. The van der Waals surface area contributed by atoms with E-state index in [1.165, 1.54) is 0 Å². The largest absolute Gasteiger partial charge is 0.506 e. The van der Waals surface area contributed by atoms with Crippen LogP contribution in [0.3, 0.4) is 0 Å². The van der Waals surface area contributed by atoms with Crippen LogP contribution in [0.2, 0.25) is 0 Å². The smallest absolute Gasteiger partial charge is 0.257 e. The molecule has 1 heterocycles. The first-order valence-corrected chi connectivity index (χ1v) is 6.90. The van der Waals surface area contributed by atoms with Crippen molar-refractivity contribution in [1.82, 2.24) is 10.2 Å². The molecule has 0 saturated carbocycles.